The molecule has 0 N–H and O–H groups in total. The standard InChI is InChI=1S/C13H19NO2S3/c1-19(15,16)13-11-17-9-7-14(13)8-10-18-12-5-3-2-4-6-12/h2-6,13H,7-11H2,1H3. The van der Waals surface area contributed by atoms with Gasteiger partial charge in [0.25, 0.3) is 0 Å². The summed E-state index contributed by atoms with van der Waals surface area (Å²) in [6.45, 7) is 1.70. The fraction of sp³-hybridized carbons (Fsp3) is 0.538. The Labute approximate surface area is 124 Å². The number of nitrogens with zero attached hydrogens (tertiary/aromatic N) is 1. The van der Waals surface area contributed by atoms with E-state index in [1.165, 1.54) is 11.2 Å². The summed E-state index contributed by atoms with van der Waals surface area (Å²) in [6.07, 6.45) is 1.35. The van der Waals surface area contributed by atoms with Crippen LogP contribution in [0, 0.1) is 0 Å². The molecule has 106 valence electrons. The van der Waals surface area contributed by atoms with Crippen LogP contribution < -0.4 is 0 Å². The molecule has 0 spiro atoms. The fourth-order valence-corrected chi connectivity index (χ4v) is 5.95. The van der Waals surface area contributed by atoms with Crippen LogP contribution in [0.3, 0.4) is 0 Å². The number of rotatable bonds is 5. The molecule has 1 aromatic rings. The number of hydrogen-bond donors (Lipinski definition) is 0. The Morgan fingerprint density at radius 1 is 1.37 bits per heavy atom. The molecule has 1 saturated heterocycles. The minimum atomic E-state index is -2.97. The smallest absolute Gasteiger partial charge is 0.164 e. The van der Waals surface area contributed by atoms with Crippen LogP contribution in [-0.2, 0) is 9.84 Å². The van der Waals surface area contributed by atoms with E-state index in [4.69, 9.17) is 0 Å². The molecule has 19 heavy (non-hydrogen) atoms. The molecule has 0 aliphatic carbocycles. The van der Waals surface area contributed by atoms with Gasteiger partial charge < -0.3 is 0 Å². The minimum Gasteiger partial charge on any atom is -0.285 e. The van der Waals surface area contributed by atoms with Crippen molar-refractivity contribution in [2.24, 2.45) is 0 Å². The van der Waals surface area contributed by atoms with Gasteiger partial charge in [0.15, 0.2) is 9.84 Å². The van der Waals surface area contributed by atoms with Crippen LogP contribution >= 0.6 is 23.5 Å². The molecule has 0 saturated carbocycles. The summed E-state index contributed by atoms with van der Waals surface area (Å²) in [5.74, 6) is 2.66. The summed E-state index contributed by atoms with van der Waals surface area (Å²) in [7, 11) is -2.97. The molecule has 1 fully saturated rings. The SMILES string of the molecule is CS(=O)(=O)C1CSCCN1CCSc1ccccc1. The largest absolute Gasteiger partial charge is 0.285 e. The third kappa shape index (κ3) is 4.70. The van der Waals surface area contributed by atoms with Crippen molar-refractivity contribution in [3.8, 4) is 0 Å². The average molecular weight is 318 g/mol. The first kappa shape index (κ1) is 15.2. The molecular formula is C13H19NO2S3. The first-order valence-electron chi connectivity index (χ1n) is 6.26. The van der Waals surface area contributed by atoms with E-state index in [0.29, 0.717) is 5.75 Å². The van der Waals surface area contributed by atoms with Gasteiger partial charge in [0.2, 0.25) is 0 Å². The molecule has 1 aliphatic heterocycles. The van der Waals surface area contributed by atoms with Crippen molar-refractivity contribution in [1.29, 1.82) is 0 Å². The number of thioether (sulfide) groups is 2. The minimum absolute atomic E-state index is 0.303. The maximum atomic E-state index is 11.8. The van der Waals surface area contributed by atoms with Gasteiger partial charge in [-0.25, -0.2) is 8.42 Å². The molecule has 3 nitrogen and oxygen atoms in total. The fourth-order valence-electron chi connectivity index (χ4n) is 2.06. The second kappa shape index (κ2) is 7.02. The van der Waals surface area contributed by atoms with Gasteiger partial charge in [-0.3, -0.25) is 4.90 Å². The first-order chi connectivity index (χ1) is 9.07. The highest BCUT2D eigenvalue weighted by atomic mass is 32.2. The number of sulfone groups is 1. The van der Waals surface area contributed by atoms with Crippen molar-refractivity contribution in [1.82, 2.24) is 4.90 Å². The van der Waals surface area contributed by atoms with E-state index in [2.05, 4.69) is 17.0 Å². The van der Waals surface area contributed by atoms with Crippen molar-refractivity contribution < 1.29 is 8.42 Å². The molecule has 6 heteroatoms. The molecule has 1 heterocycles. The summed E-state index contributed by atoms with van der Waals surface area (Å²) in [5, 5.41) is -0.303. The molecule has 0 bridgehead atoms. The van der Waals surface area contributed by atoms with Gasteiger partial charge in [-0.2, -0.15) is 11.8 Å². The van der Waals surface area contributed by atoms with E-state index in [0.717, 1.165) is 24.6 Å². The molecule has 0 radical (unpaired) electrons. The highest BCUT2D eigenvalue weighted by molar-refractivity contribution is 8.01. The number of benzene rings is 1. The van der Waals surface area contributed by atoms with Crippen LogP contribution in [0.5, 0.6) is 0 Å². The first-order valence-corrected chi connectivity index (χ1v) is 10.4. The Kier molecular flexibility index (Phi) is 5.62. The second-order valence-corrected chi connectivity index (χ2v) is 9.08. The third-order valence-corrected chi connectivity index (χ3v) is 6.75. The Morgan fingerprint density at radius 3 is 2.79 bits per heavy atom. The number of hydrogen-bond acceptors (Lipinski definition) is 5. The van der Waals surface area contributed by atoms with Gasteiger partial charge in [-0.15, -0.1) is 11.8 Å². The molecule has 0 amide bonds. The van der Waals surface area contributed by atoms with E-state index in [1.807, 2.05) is 18.2 Å². The molecule has 2 rings (SSSR count). The van der Waals surface area contributed by atoms with Crippen LogP contribution in [-0.4, -0.2) is 55.3 Å². The molecule has 1 aromatic carbocycles. The normalized spacial score (nSPS) is 21.4. The summed E-state index contributed by atoms with van der Waals surface area (Å²) >= 11 is 3.52. The predicted molar refractivity (Wildman–Crippen MR) is 84.7 cm³/mol. The zero-order valence-corrected chi connectivity index (χ0v) is 13.4. The van der Waals surface area contributed by atoms with E-state index in [1.54, 1.807) is 23.5 Å². The van der Waals surface area contributed by atoms with Gasteiger partial charge in [0, 0.05) is 41.5 Å². The van der Waals surface area contributed by atoms with Gasteiger partial charge in [0.1, 0.15) is 5.37 Å². The monoisotopic (exact) mass is 317 g/mol. The molecule has 1 unspecified atom stereocenters. The zero-order valence-electron chi connectivity index (χ0n) is 11.0. The Hall–Kier alpha value is -0.170. The van der Waals surface area contributed by atoms with Gasteiger partial charge in [0.05, 0.1) is 0 Å². The highest BCUT2D eigenvalue weighted by Gasteiger charge is 2.30. The average Bonchev–Trinajstić information content (AvgIpc) is 2.39. The lowest BCUT2D eigenvalue weighted by Crippen LogP contribution is -2.47. The molecule has 0 aromatic heterocycles. The topological polar surface area (TPSA) is 37.4 Å². The summed E-state index contributed by atoms with van der Waals surface area (Å²) in [4.78, 5) is 3.35. The van der Waals surface area contributed by atoms with Crippen LogP contribution in [0.25, 0.3) is 0 Å². The summed E-state index contributed by atoms with van der Waals surface area (Å²) in [6, 6.07) is 10.2. The van der Waals surface area contributed by atoms with Crippen molar-refractivity contribution in [3.63, 3.8) is 0 Å². The predicted octanol–water partition coefficient (Wildman–Crippen LogP) is 2.20. The van der Waals surface area contributed by atoms with Gasteiger partial charge in [-0.1, -0.05) is 18.2 Å². The van der Waals surface area contributed by atoms with Crippen LogP contribution in [0.15, 0.2) is 35.2 Å². The highest BCUT2D eigenvalue weighted by Crippen LogP contribution is 2.22. The van der Waals surface area contributed by atoms with Gasteiger partial charge in [-0.05, 0) is 12.1 Å². The van der Waals surface area contributed by atoms with Crippen LogP contribution in [0.4, 0.5) is 0 Å². The van der Waals surface area contributed by atoms with E-state index in [-0.39, 0.29) is 5.37 Å². The van der Waals surface area contributed by atoms with Crippen LogP contribution in [0.2, 0.25) is 0 Å². The third-order valence-electron chi connectivity index (χ3n) is 3.08. The van der Waals surface area contributed by atoms with E-state index >= 15 is 0 Å². The lowest BCUT2D eigenvalue weighted by molar-refractivity contribution is 0.287. The van der Waals surface area contributed by atoms with E-state index in [9.17, 15) is 8.42 Å². The van der Waals surface area contributed by atoms with Crippen molar-refractivity contribution in [3.05, 3.63) is 30.3 Å². The maximum absolute atomic E-state index is 11.8. The Morgan fingerprint density at radius 2 is 2.11 bits per heavy atom. The molecule has 1 aliphatic rings. The summed E-state index contributed by atoms with van der Waals surface area (Å²) in [5.41, 5.74) is 0. The van der Waals surface area contributed by atoms with E-state index < -0.39 is 9.84 Å². The quantitative estimate of drug-likeness (QED) is 0.778. The molecule has 1 atom stereocenters. The Balaban J connectivity index is 1.87. The lowest BCUT2D eigenvalue weighted by Gasteiger charge is -2.33. The zero-order chi connectivity index (χ0) is 13.7. The van der Waals surface area contributed by atoms with Gasteiger partial charge >= 0.3 is 0 Å². The second-order valence-electron chi connectivity index (χ2n) is 4.56. The Bertz CT molecular complexity index is 490. The summed E-state index contributed by atoms with van der Waals surface area (Å²) < 4.78 is 23.5. The maximum Gasteiger partial charge on any atom is 0.164 e. The van der Waals surface area contributed by atoms with Crippen molar-refractivity contribution >= 4 is 33.4 Å². The lowest BCUT2D eigenvalue weighted by atomic mass is 10.4. The van der Waals surface area contributed by atoms with Crippen LogP contribution in [0.1, 0.15) is 0 Å². The molecular weight excluding hydrogens is 298 g/mol. The van der Waals surface area contributed by atoms with Crippen molar-refractivity contribution in [2.75, 3.05) is 36.6 Å². The van der Waals surface area contributed by atoms with Crippen molar-refractivity contribution in [2.45, 2.75) is 10.3 Å².